The Balaban J connectivity index is 3.68. The van der Waals surface area contributed by atoms with Crippen LogP contribution in [0.4, 0.5) is 0 Å². The van der Waals surface area contributed by atoms with Crippen LogP contribution in [-0.2, 0) is 4.79 Å². The molecule has 1 N–H and O–H groups in total. The minimum Gasteiger partial charge on any atom is -0.393 e. The van der Waals surface area contributed by atoms with Crippen molar-refractivity contribution < 1.29 is 9.90 Å². The molecule has 11 heavy (non-hydrogen) atoms. The number of hydrogen-bond acceptors (Lipinski definition) is 2. The van der Waals surface area contributed by atoms with Gasteiger partial charge in [0.15, 0.2) is 5.78 Å². The van der Waals surface area contributed by atoms with E-state index in [1.807, 2.05) is 13.0 Å². The van der Waals surface area contributed by atoms with Gasteiger partial charge in [0.25, 0.3) is 0 Å². The standard InChI is InChI=1S/C9H16O2/c1-7(6-9(3)11)4-5-8(2)10/h4-5,7,9,11H,6H2,1-3H3/b5-4+. The average molecular weight is 156 g/mol. The van der Waals surface area contributed by atoms with Crippen molar-refractivity contribution in [2.45, 2.75) is 33.3 Å². The van der Waals surface area contributed by atoms with E-state index in [-0.39, 0.29) is 17.8 Å². The fourth-order valence-electron chi connectivity index (χ4n) is 0.916. The van der Waals surface area contributed by atoms with E-state index in [9.17, 15) is 4.79 Å². The molecule has 0 aromatic heterocycles. The molecule has 0 heterocycles. The lowest BCUT2D eigenvalue weighted by atomic mass is 10.0. The Kier molecular flexibility index (Phi) is 4.79. The number of rotatable bonds is 4. The summed E-state index contributed by atoms with van der Waals surface area (Å²) in [5, 5.41) is 8.97. The molecule has 0 rings (SSSR count). The van der Waals surface area contributed by atoms with Gasteiger partial charge < -0.3 is 5.11 Å². The zero-order valence-corrected chi connectivity index (χ0v) is 7.37. The Hall–Kier alpha value is -0.630. The van der Waals surface area contributed by atoms with Crippen LogP contribution >= 0.6 is 0 Å². The van der Waals surface area contributed by atoms with Gasteiger partial charge in [-0.05, 0) is 32.3 Å². The minimum absolute atomic E-state index is 0.0578. The van der Waals surface area contributed by atoms with Gasteiger partial charge in [0.1, 0.15) is 0 Å². The number of carbonyl (C=O) groups is 1. The highest BCUT2D eigenvalue weighted by atomic mass is 16.3. The molecule has 2 unspecified atom stereocenters. The van der Waals surface area contributed by atoms with Gasteiger partial charge in [0.2, 0.25) is 0 Å². The molecule has 0 aliphatic carbocycles. The smallest absolute Gasteiger partial charge is 0.152 e. The molecule has 0 amide bonds. The van der Waals surface area contributed by atoms with Crippen LogP contribution in [0.2, 0.25) is 0 Å². The van der Waals surface area contributed by atoms with Crippen LogP contribution in [0.25, 0.3) is 0 Å². The molecular formula is C9H16O2. The maximum atomic E-state index is 10.5. The summed E-state index contributed by atoms with van der Waals surface area (Å²) in [5.41, 5.74) is 0. The molecular weight excluding hydrogens is 140 g/mol. The monoisotopic (exact) mass is 156 g/mol. The Morgan fingerprint density at radius 2 is 2.09 bits per heavy atom. The second-order valence-corrected chi connectivity index (χ2v) is 3.03. The number of aliphatic hydroxyl groups is 1. The summed E-state index contributed by atoms with van der Waals surface area (Å²) in [6.07, 6.45) is 3.80. The molecule has 0 bridgehead atoms. The third-order valence-corrected chi connectivity index (χ3v) is 1.37. The molecule has 2 atom stereocenters. The fourth-order valence-corrected chi connectivity index (χ4v) is 0.916. The van der Waals surface area contributed by atoms with Crippen molar-refractivity contribution in [3.8, 4) is 0 Å². The van der Waals surface area contributed by atoms with Gasteiger partial charge in [-0.15, -0.1) is 0 Å². The summed E-state index contributed by atoms with van der Waals surface area (Å²) in [6, 6.07) is 0. The topological polar surface area (TPSA) is 37.3 Å². The summed E-state index contributed by atoms with van der Waals surface area (Å²) in [4.78, 5) is 10.5. The van der Waals surface area contributed by atoms with E-state index in [4.69, 9.17) is 5.11 Å². The van der Waals surface area contributed by atoms with Crippen molar-refractivity contribution in [2.24, 2.45) is 5.92 Å². The second-order valence-electron chi connectivity index (χ2n) is 3.03. The molecule has 0 aromatic rings. The summed E-state index contributed by atoms with van der Waals surface area (Å²) < 4.78 is 0. The maximum absolute atomic E-state index is 10.5. The maximum Gasteiger partial charge on any atom is 0.152 e. The number of aliphatic hydroxyl groups excluding tert-OH is 1. The first kappa shape index (κ1) is 10.4. The molecule has 2 heteroatoms. The Labute approximate surface area is 67.9 Å². The number of carbonyl (C=O) groups excluding carboxylic acids is 1. The third-order valence-electron chi connectivity index (χ3n) is 1.37. The Bertz CT molecular complexity index is 148. The average Bonchev–Trinajstić information content (AvgIpc) is 1.82. The molecule has 0 spiro atoms. The van der Waals surface area contributed by atoms with E-state index in [1.165, 1.54) is 6.92 Å². The SMILES string of the molecule is CC(=O)/C=C/C(C)CC(C)O. The van der Waals surface area contributed by atoms with E-state index in [1.54, 1.807) is 13.0 Å². The Morgan fingerprint density at radius 3 is 2.45 bits per heavy atom. The molecule has 64 valence electrons. The molecule has 0 aliphatic rings. The lowest BCUT2D eigenvalue weighted by Gasteiger charge is -2.07. The van der Waals surface area contributed by atoms with Gasteiger partial charge in [-0.2, -0.15) is 0 Å². The van der Waals surface area contributed by atoms with Crippen molar-refractivity contribution in [3.63, 3.8) is 0 Å². The van der Waals surface area contributed by atoms with E-state index in [2.05, 4.69) is 0 Å². The predicted octanol–water partition coefficient (Wildman–Crippen LogP) is 1.54. The van der Waals surface area contributed by atoms with Crippen LogP contribution in [0.5, 0.6) is 0 Å². The van der Waals surface area contributed by atoms with Gasteiger partial charge in [-0.1, -0.05) is 13.0 Å². The first-order chi connectivity index (χ1) is 5.02. The van der Waals surface area contributed by atoms with Crippen LogP contribution in [0.3, 0.4) is 0 Å². The molecule has 0 aromatic carbocycles. The number of hydrogen-bond donors (Lipinski definition) is 1. The van der Waals surface area contributed by atoms with E-state index in [0.29, 0.717) is 6.42 Å². The third kappa shape index (κ3) is 7.26. The summed E-state index contributed by atoms with van der Waals surface area (Å²) in [6.45, 7) is 5.25. The largest absolute Gasteiger partial charge is 0.393 e. The second kappa shape index (κ2) is 5.08. The van der Waals surface area contributed by atoms with E-state index >= 15 is 0 Å². The zero-order valence-electron chi connectivity index (χ0n) is 7.37. The van der Waals surface area contributed by atoms with Gasteiger partial charge in [-0.25, -0.2) is 0 Å². The van der Waals surface area contributed by atoms with Crippen LogP contribution in [-0.4, -0.2) is 17.0 Å². The first-order valence-corrected chi connectivity index (χ1v) is 3.89. The van der Waals surface area contributed by atoms with Crippen LogP contribution < -0.4 is 0 Å². The van der Waals surface area contributed by atoms with E-state index in [0.717, 1.165) is 0 Å². The fraction of sp³-hybridized carbons (Fsp3) is 0.667. The minimum atomic E-state index is -0.290. The highest BCUT2D eigenvalue weighted by Crippen LogP contribution is 2.06. The van der Waals surface area contributed by atoms with Gasteiger partial charge >= 0.3 is 0 Å². The molecule has 0 radical (unpaired) electrons. The zero-order chi connectivity index (χ0) is 8.85. The molecule has 0 saturated heterocycles. The lowest BCUT2D eigenvalue weighted by molar-refractivity contribution is -0.112. The highest BCUT2D eigenvalue weighted by Gasteiger charge is 2.01. The molecule has 0 fully saturated rings. The first-order valence-electron chi connectivity index (χ1n) is 3.89. The van der Waals surface area contributed by atoms with Crippen molar-refractivity contribution in [1.82, 2.24) is 0 Å². The quantitative estimate of drug-likeness (QED) is 0.627. The predicted molar refractivity (Wildman–Crippen MR) is 45.3 cm³/mol. The van der Waals surface area contributed by atoms with Crippen LogP contribution in [0.1, 0.15) is 27.2 Å². The van der Waals surface area contributed by atoms with Crippen molar-refractivity contribution in [2.75, 3.05) is 0 Å². The molecule has 0 aliphatic heterocycles. The van der Waals surface area contributed by atoms with Crippen LogP contribution in [0, 0.1) is 5.92 Å². The summed E-state index contributed by atoms with van der Waals surface area (Å²) >= 11 is 0. The molecule has 2 nitrogen and oxygen atoms in total. The van der Waals surface area contributed by atoms with Gasteiger partial charge in [0, 0.05) is 0 Å². The molecule has 0 saturated carbocycles. The summed E-state index contributed by atoms with van der Waals surface area (Å²) in [7, 11) is 0. The van der Waals surface area contributed by atoms with Crippen molar-refractivity contribution >= 4 is 5.78 Å². The van der Waals surface area contributed by atoms with Crippen molar-refractivity contribution in [3.05, 3.63) is 12.2 Å². The van der Waals surface area contributed by atoms with Gasteiger partial charge in [0.05, 0.1) is 6.10 Å². The number of ketones is 1. The lowest BCUT2D eigenvalue weighted by Crippen LogP contribution is -2.05. The van der Waals surface area contributed by atoms with Gasteiger partial charge in [-0.3, -0.25) is 4.79 Å². The normalized spacial score (nSPS) is 16.7. The van der Waals surface area contributed by atoms with E-state index < -0.39 is 0 Å². The highest BCUT2D eigenvalue weighted by molar-refractivity contribution is 5.87. The number of allylic oxidation sites excluding steroid dienone is 2. The Morgan fingerprint density at radius 1 is 1.55 bits per heavy atom. The summed E-state index contributed by atoms with van der Waals surface area (Å²) in [5.74, 6) is 0.335. The van der Waals surface area contributed by atoms with Crippen molar-refractivity contribution in [1.29, 1.82) is 0 Å². The van der Waals surface area contributed by atoms with Crippen LogP contribution in [0.15, 0.2) is 12.2 Å².